The molecule has 0 bridgehead atoms. The molecule has 0 spiro atoms. The number of benzene rings is 2. The van der Waals surface area contributed by atoms with Gasteiger partial charge >= 0.3 is 6.36 Å². The van der Waals surface area contributed by atoms with Crippen molar-refractivity contribution in [3.63, 3.8) is 0 Å². The lowest BCUT2D eigenvalue weighted by Gasteiger charge is -2.14. The first-order chi connectivity index (χ1) is 9.76. The van der Waals surface area contributed by atoms with Gasteiger partial charge in [-0.05, 0) is 35.9 Å². The Balaban J connectivity index is 2.24. The summed E-state index contributed by atoms with van der Waals surface area (Å²) in [6, 6.07) is 8.66. The maximum Gasteiger partial charge on any atom is 0.573 e. The fraction of sp³-hybridized carbons (Fsp3) is 0.143. The summed E-state index contributed by atoms with van der Waals surface area (Å²) in [6.07, 6.45) is -6.07. The molecule has 0 saturated heterocycles. The summed E-state index contributed by atoms with van der Waals surface area (Å²) in [5, 5.41) is 10.1. The Morgan fingerprint density at radius 3 is 2.24 bits per heavy atom. The minimum absolute atomic E-state index is 0.0221. The monoisotopic (exact) mass is 364 g/mol. The average Bonchev–Trinajstić information content (AvgIpc) is 2.40. The molecule has 1 N–H and O–H groups in total. The van der Waals surface area contributed by atoms with Crippen LogP contribution >= 0.6 is 15.9 Å². The largest absolute Gasteiger partial charge is 0.573 e. The lowest BCUT2D eigenvalue weighted by atomic mass is 10.0. The summed E-state index contributed by atoms with van der Waals surface area (Å²) in [5.74, 6) is -1.02. The van der Waals surface area contributed by atoms with Gasteiger partial charge in [0.1, 0.15) is 17.7 Å². The van der Waals surface area contributed by atoms with E-state index in [1.807, 2.05) is 0 Å². The number of hydrogen-bond donors (Lipinski definition) is 1. The van der Waals surface area contributed by atoms with Crippen molar-refractivity contribution < 1.29 is 27.4 Å². The number of alkyl halides is 3. The molecule has 21 heavy (non-hydrogen) atoms. The van der Waals surface area contributed by atoms with Crippen LogP contribution in [0.5, 0.6) is 5.75 Å². The fourth-order valence-electron chi connectivity index (χ4n) is 1.76. The summed E-state index contributed by atoms with van der Waals surface area (Å²) < 4.78 is 54.1. The van der Waals surface area contributed by atoms with Crippen LogP contribution in [0.2, 0.25) is 0 Å². The summed E-state index contributed by atoms with van der Waals surface area (Å²) in [7, 11) is 0. The van der Waals surface area contributed by atoms with Gasteiger partial charge in [0.2, 0.25) is 0 Å². The molecule has 0 fully saturated rings. The van der Waals surface area contributed by atoms with Crippen LogP contribution in [0.25, 0.3) is 0 Å². The van der Waals surface area contributed by atoms with Crippen molar-refractivity contribution >= 4 is 15.9 Å². The molecule has 1 atom stereocenters. The fourth-order valence-corrected chi connectivity index (χ4v) is 2.13. The zero-order valence-corrected chi connectivity index (χ0v) is 12.0. The van der Waals surface area contributed by atoms with Crippen LogP contribution in [0.4, 0.5) is 17.6 Å². The van der Waals surface area contributed by atoms with E-state index in [0.29, 0.717) is 4.47 Å². The maximum atomic E-state index is 13.7. The van der Waals surface area contributed by atoms with Gasteiger partial charge in [0, 0.05) is 10.0 Å². The zero-order valence-electron chi connectivity index (χ0n) is 10.4. The van der Waals surface area contributed by atoms with Gasteiger partial charge in [0.15, 0.2) is 0 Å². The molecule has 2 aromatic carbocycles. The lowest BCUT2D eigenvalue weighted by Crippen LogP contribution is -2.17. The van der Waals surface area contributed by atoms with Gasteiger partial charge in [-0.25, -0.2) is 4.39 Å². The molecule has 7 heteroatoms. The van der Waals surface area contributed by atoms with Crippen molar-refractivity contribution in [2.24, 2.45) is 0 Å². The molecule has 2 nitrogen and oxygen atoms in total. The van der Waals surface area contributed by atoms with Crippen molar-refractivity contribution in [1.29, 1.82) is 0 Å². The third-order valence-electron chi connectivity index (χ3n) is 2.68. The summed E-state index contributed by atoms with van der Waals surface area (Å²) in [4.78, 5) is 0. The van der Waals surface area contributed by atoms with E-state index >= 15 is 0 Å². The Labute approximate surface area is 126 Å². The van der Waals surface area contributed by atoms with Gasteiger partial charge in [-0.3, -0.25) is 0 Å². The number of ether oxygens (including phenoxy) is 1. The van der Waals surface area contributed by atoms with E-state index in [-0.39, 0.29) is 11.1 Å². The third-order valence-corrected chi connectivity index (χ3v) is 3.18. The minimum atomic E-state index is -4.78. The molecule has 0 saturated carbocycles. The van der Waals surface area contributed by atoms with E-state index < -0.39 is 24.0 Å². The van der Waals surface area contributed by atoms with Gasteiger partial charge < -0.3 is 9.84 Å². The number of aliphatic hydroxyl groups excluding tert-OH is 1. The van der Waals surface area contributed by atoms with E-state index in [4.69, 9.17) is 0 Å². The second-order valence-corrected chi connectivity index (χ2v) is 5.10. The number of aliphatic hydroxyl groups is 1. The molecule has 2 rings (SSSR count). The van der Waals surface area contributed by atoms with Crippen molar-refractivity contribution in [3.05, 3.63) is 63.9 Å². The molecule has 0 aliphatic heterocycles. The molecule has 1 unspecified atom stereocenters. The maximum absolute atomic E-state index is 13.7. The minimum Gasteiger partial charge on any atom is -0.406 e. The van der Waals surface area contributed by atoms with E-state index in [9.17, 15) is 22.7 Å². The topological polar surface area (TPSA) is 29.5 Å². The SMILES string of the molecule is OC(c1ccc(OC(F)(F)F)cc1)c1cc(Br)ccc1F. The van der Waals surface area contributed by atoms with E-state index in [0.717, 1.165) is 12.1 Å². The Bertz CT molecular complexity index is 626. The van der Waals surface area contributed by atoms with Crippen LogP contribution in [0.3, 0.4) is 0 Å². The first kappa shape index (κ1) is 15.8. The Kier molecular flexibility index (Phi) is 4.53. The van der Waals surface area contributed by atoms with Crippen LogP contribution in [-0.2, 0) is 0 Å². The Morgan fingerprint density at radius 1 is 1.05 bits per heavy atom. The lowest BCUT2D eigenvalue weighted by molar-refractivity contribution is -0.274. The second-order valence-electron chi connectivity index (χ2n) is 4.19. The molecule has 0 amide bonds. The van der Waals surface area contributed by atoms with Crippen molar-refractivity contribution in [2.45, 2.75) is 12.5 Å². The normalized spacial score (nSPS) is 13.0. The summed E-state index contributed by atoms with van der Waals surface area (Å²) >= 11 is 3.16. The van der Waals surface area contributed by atoms with Crippen LogP contribution in [0.1, 0.15) is 17.2 Å². The van der Waals surface area contributed by atoms with Crippen molar-refractivity contribution in [3.8, 4) is 5.75 Å². The molecular weight excluding hydrogens is 356 g/mol. The summed E-state index contributed by atoms with van der Waals surface area (Å²) in [5.41, 5.74) is 0.274. The van der Waals surface area contributed by atoms with Gasteiger partial charge in [0.05, 0.1) is 0 Å². The first-order valence-electron chi connectivity index (χ1n) is 5.75. The number of hydrogen-bond acceptors (Lipinski definition) is 2. The highest BCUT2D eigenvalue weighted by molar-refractivity contribution is 9.10. The van der Waals surface area contributed by atoms with E-state index in [1.165, 1.54) is 30.3 Å². The van der Waals surface area contributed by atoms with Crippen molar-refractivity contribution in [1.82, 2.24) is 0 Å². The van der Waals surface area contributed by atoms with Crippen molar-refractivity contribution in [2.75, 3.05) is 0 Å². The van der Waals surface area contributed by atoms with Crippen LogP contribution < -0.4 is 4.74 Å². The second kappa shape index (κ2) is 6.03. The molecule has 0 radical (unpaired) electrons. The Hall–Kier alpha value is -1.60. The van der Waals surface area contributed by atoms with Gasteiger partial charge in [-0.15, -0.1) is 13.2 Å². The number of halogens is 5. The molecule has 2 aromatic rings. The molecular formula is C14H9BrF4O2. The molecule has 112 valence electrons. The average molecular weight is 365 g/mol. The first-order valence-corrected chi connectivity index (χ1v) is 6.54. The van der Waals surface area contributed by atoms with Gasteiger partial charge in [-0.2, -0.15) is 0 Å². The predicted molar refractivity (Wildman–Crippen MR) is 71.3 cm³/mol. The highest BCUT2D eigenvalue weighted by Crippen LogP contribution is 2.29. The summed E-state index contributed by atoms with van der Waals surface area (Å²) in [6.45, 7) is 0. The van der Waals surface area contributed by atoms with Crippen LogP contribution in [0, 0.1) is 5.82 Å². The standard InChI is InChI=1S/C14H9BrF4O2/c15-9-3-6-12(16)11(7-9)13(20)8-1-4-10(5-2-8)21-14(17,18)19/h1-7,13,20H. The Morgan fingerprint density at radius 2 is 1.67 bits per heavy atom. The van der Waals surface area contributed by atoms with E-state index in [1.54, 1.807) is 0 Å². The molecule has 0 heterocycles. The smallest absolute Gasteiger partial charge is 0.406 e. The quantitative estimate of drug-likeness (QED) is 0.808. The highest BCUT2D eigenvalue weighted by atomic mass is 79.9. The third kappa shape index (κ3) is 4.18. The van der Waals surface area contributed by atoms with Crippen LogP contribution in [0.15, 0.2) is 46.9 Å². The predicted octanol–water partition coefficient (Wildman–Crippen LogP) is 4.57. The zero-order chi connectivity index (χ0) is 15.6. The molecule has 0 aliphatic carbocycles. The number of rotatable bonds is 3. The van der Waals surface area contributed by atoms with Crippen LogP contribution in [-0.4, -0.2) is 11.5 Å². The molecule has 0 aromatic heterocycles. The molecule has 0 aliphatic rings. The highest BCUT2D eigenvalue weighted by Gasteiger charge is 2.31. The van der Waals surface area contributed by atoms with Gasteiger partial charge in [0.25, 0.3) is 0 Å². The van der Waals surface area contributed by atoms with Gasteiger partial charge in [-0.1, -0.05) is 28.1 Å². The van der Waals surface area contributed by atoms with E-state index in [2.05, 4.69) is 20.7 Å².